The monoisotopic (exact) mass is 459 g/mol. The second-order valence-electron chi connectivity index (χ2n) is 5.35. The zero-order valence-electron chi connectivity index (χ0n) is 18.8. The third-order valence-electron chi connectivity index (χ3n) is 3.52. The lowest BCUT2D eigenvalue weighted by Gasteiger charge is -2.19. The molecular formula is C13H17N2O10P3. The Morgan fingerprint density at radius 1 is 1.43 bits per heavy atom. The SMILES string of the molecule is [2H]/C(=C(/[2H])P(=O)(COP=O)COP=O)[C@H]1O[C@@H](n2ccc(=O)[nH]c2=O)[C@H](OC([2H])([2H])[2H])[C@@H]1O. The van der Waals surface area contributed by atoms with Crippen LogP contribution in [0.25, 0.3) is 0 Å². The van der Waals surface area contributed by atoms with Gasteiger partial charge in [0.05, 0.1) is 6.85 Å². The molecule has 1 fully saturated rings. The molecule has 0 spiro atoms. The van der Waals surface area contributed by atoms with Crippen molar-refractivity contribution in [3.63, 3.8) is 0 Å². The van der Waals surface area contributed by atoms with E-state index in [-0.39, 0.29) is 0 Å². The predicted molar refractivity (Wildman–Crippen MR) is 95.9 cm³/mol. The van der Waals surface area contributed by atoms with Crippen LogP contribution in [0.5, 0.6) is 0 Å². The Balaban J connectivity index is 2.52. The minimum absolute atomic E-state index is 0.705. The standard InChI is InChI=1S/C13H17N2O10P3/c1-22-11-10(17)8(3-5-28(21,6-23-26-19)7-24-27-20)25-12(11)15-4-2-9(16)14-13(15)18/h2-5,8,10-12,17H,6-7H2,1H3,(H,14,16,18)/b5-3+/t8-,10-,11-,12-/m1/s1/i1D3,3D,5D. The van der Waals surface area contributed by atoms with Gasteiger partial charge in [0.1, 0.15) is 31.0 Å². The Kier molecular flexibility index (Phi) is 6.13. The Bertz CT molecular complexity index is 1060. The van der Waals surface area contributed by atoms with Gasteiger partial charge in [0.25, 0.3) is 5.56 Å². The van der Waals surface area contributed by atoms with Crippen molar-refractivity contribution in [1.29, 1.82) is 0 Å². The van der Waals surface area contributed by atoms with Crippen LogP contribution in [0, 0.1) is 0 Å². The van der Waals surface area contributed by atoms with E-state index in [1.54, 1.807) is 0 Å². The van der Waals surface area contributed by atoms with Crippen LogP contribution in [0.1, 0.15) is 13.1 Å². The van der Waals surface area contributed by atoms with E-state index < -0.39 is 91.9 Å². The molecular weight excluding hydrogens is 437 g/mol. The highest BCUT2D eigenvalue weighted by Gasteiger charge is 2.44. The molecule has 154 valence electrons. The minimum atomic E-state index is -4.11. The van der Waals surface area contributed by atoms with E-state index in [2.05, 4.69) is 9.05 Å². The summed E-state index contributed by atoms with van der Waals surface area (Å²) in [5.41, 5.74) is -1.82. The Morgan fingerprint density at radius 3 is 2.68 bits per heavy atom. The number of nitrogens with zero attached hydrogens (tertiary/aromatic N) is 1. The highest BCUT2D eigenvalue weighted by Crippen LogP contribution is 2.49. The molecule has 0 saturated carbocycles. The average molecular weight is 459 g/mol. The number of ether oxygens (including phenoxy) is 2. The zero-order chi connectivity index (χ0) is 25.0. The molecule has 0 amide bonds. The first-order valence-corrected chi connectivity index (χ1v) is 10.9. The van der Waals surface area contributed by atoms with Gasteiger partial charge in [-0.3, -0.25) is 23.4 Å². The maximum Gasteiger partial charge on any atom is 0.330 e. The topological polar surface area (TPSA) is 163 Å². The predicted octanol–water partition coefficient (Wildman–Crippen LogP) is 1.05. The van der Waals surface area contributed by atoms with Crippen LogP contribution in [0.4, 0.5) is 0 Å². The van der Waals surface area contributed by atoms with Gasteiger partial charge < -0.3 is 19.1 Å². The van der Waals surface area contributed by atoms with Crippen molar-refractivity contribution in [2.45, 2.75) is 24.5 Å². The number of aromatic nitrogens is 2. The number of aliphatic hydroxyl groups excluding tert-OH is 1. The van der Waals surface area contributed by atoms with E-state index in [1.807, 2.05) is 4.98 Å². The quantitative estimate of drug-likeness (QED) is 0.484. The number of nitrogens with one attached hydrogen (secondary N) is 1. The highest BCUT2D eigenvalue weighted by atomic mass is 31.2. The van der Waals surface area contributed by atoms with Gasteiger partial charge in [0, 0.05) is 19.3 Å². The number of hydrogen-bond donors (Lipinski definition) is 2. The molecule has 1 saturated heterocycles. The molecule has 0 bridgehead atoms. The summed E-state index contributed by atoms with van der Waals surface area (Å²) in [6.45, 7) is 0. The van der Waals surface area contributed by atoms with Gasteiger partial charge in [-0.05, 0) is 11.8 Å². The van der Waals surface area contributed by atoms with Gasteiger partial charge in [-0.1, -0.05) is 0 Å². The first-order valence-electron chi connectivity index (χ1n) is 9.82. The van der Waals surface area contributed by atoms with E-state index in [1.165, 1.54) is 0 Å². The summed E-state index contributed by atoms with van der Waals surface area (Å²) in [5.74, 6) is -0.971. The lowest BCUT2D eigenvalue weighted by Crippen LogP contribution is -2.38. The number of H-pyrrole nitrogens is 1. The molecule has 0 radical (unpaired) electrons. The maximum atomic E-state index is 13.0. The van der Waals surface area contributed by atoms with Crippen molar-refractivity contribution in [2.24, 2.45) is 0 Å². The van der Waals surface area contributed by atoms with Crippen LogP contribution < -0.4 is 11.2 Å². The number of aliphatic hydroxyl groups is 1. The number of hydrogen-bond acceptors (Lipinski definition) is 10. The summed E-state index contributed by atoms with van der Waals surface area (Å²) >= 11 is 0. The largest absolute Gasteiger partial charge is 0.387 e. The van der Waals surface area contributed by atoms with E-state index in [4.69, 9.17) is 16.3 Å². The molecule has 1 aromatic rings. The van der Waals surface area contributed by atoms with Gasteiger partial charge in [0.2, 0.25) is 0 Å². The maximum absolute atomic E-state index is 13.0. The van der Waals surface area contributed by atoms with Crippen LogP contribution in [0.3, 0.4) is 0 Å². The number of rotatable bonds is 10. The van der Waals surface area contributed by atoms with Crippen molar-refractivity contribution >= 4 is 24.5 Å². The van der Waals surface area contributed by atoms with E-state index >= 15 is 0 Å². The summed E-state index contributed by atoms with van der Waals surface area (Å²) in [4.78, 5) is 25.4. The summed E-state index contributed by atoms with van der Waals surface area (Å²) in [5, 5.41) is 10.6. The zero-order valence-corrected chi connectivity index (χ0v) is 16.5. The fourth-order valence-corrected chi connectivity index (χ4v) is 4.70. The van der Waals surface area contributed by atoms with Crippen molar-refractivity contribution in [3.05, 3.63) is 44.9 Å². The van der Waals surface area contributed by atoms with E-state index in [9.17, 15) is 28.4 Å². The fourth-order valence-electron chi connectivity index (χ4n) is 2.26. The summed E-state index contributed by atoms with van der Waals surface area (Å²) < 4.78 is 92.5. The fraction of sp³-hybridized carbons (Fsp3) is 0.538. The van der Waals surface area contributed by atoms with Crippen LogP contribution in [0.15, 0.2) is 33.7 Å². The molecule has 1 aliphatic rings. The van der Waals surface area contributed by atoms with E-state index in [0.29, 0.717) is 4.57 Å². The van der Waals surface area contributed by atoms with Crippen molar-refractivity contribution in [2.75, 3.05) is 19.7 Å². The van der Waals surface area contributed by atoms with Crippen LogP contribution in [0.2, 0.25) is 0 Å². The normalized spacial score (nSPS) is 31.2. The Hall–Kier alpha value is -1.35. The van der Waals surface area contributed by atoms with Crippen LogP contribution >= 0.6 is 24.5 Å². The smallest absolute Gasteiger partial charge is 0.330 e. The molecule has 2 heterocycles. The lowest BCUT2D eigenvalue weighted by molar-refractivity contribution is -0.0491. The van der Waals surface area contributed by atoms with E-state index in [0.717, 1.165) is 12.3 Å². The second kappa shape index (κ2) is 10.4. The Morgan fingerprint density at radius 2 is 2.11 bits per heavy atom. The third kappa shape index (κ3) is 5.59. The number of methoxy groups -OCH3 is 1. The summed E-state index contributed by atoms with van der Waals surface area (Å²) in [6, 6.07) is -0.000466. The average Bonchev–Trinajstić information content (AvgIpc) is 3.04. The van der Waals surface area contributed by atoms with Gasteiger partial charge in [-0.25, -0.2) is 13.9 Å². The summed E-state index contributed by atoms with van der Waals surface area (Å²) in [7, 11) is -8.98. The molecule has 12 nitrogen and oxygen atoms in total. The van der Waals surface area contributed by atoms with Crippen molar-refractivity contribution in [3.8, 4) is 0 Å². The molecule has 0 aliphatic carbocycles. The first-order chi connectivity index (χ1) is 15.3. The van der Waals surface area contributed by atoms with Crippen molar-refractivity contribution < 1.29 is 44.2 Å². The first kappa shape index (κ1) is 16.4. The molecule has 2 rings (SSSR count). The van der Waals surface area contributed by atoms with Crippen LogP contribution in [-0.2, 0) is 32.2 Å². The molecule has 0 aromatic carbocycles. The van der Waals surface area contributed by atoms with Gasteiger partial charge in [0.15, 0.2) is 13.4 Å². The minimum Gasteiger partial charge on any atom is -0.387 e. The highest BCUT2D eigenvalue weighted by molar-refractivity contribution is 7.67. The third-order valence-corrected chi connectivity index (χ3v) is 6.03. The molecule has 2 N–H and O–H groups in total. The number of aromatic amines is 1. The molecule has 15 heteroatoms. The molecule has 1 aromatic heterocycles. The van der Waals surface area contributed by atoms with Gasteiger partial charge >= 0.3 is 23.1 Å². The molecule has 1 aliphatic heterocycles. The lowest BCUT2D eigenvalue weighted by atomic mass is 10.1. The Labute approximate surface area is 168 Å². The summed E-state index contributed by atoms with van der Waals surface area (Å²) in [6.07, 6.45) is -7.99. The molecule has 28 heavy (non-hydrogen) atoms. The van der Waals surface area contributed by atoms with Crippen LogP contribution in [-0.4, -0.2) is 52.7 Å². The van der Waals surface area contributed by atoms with Crippen molar-refractivity contribution in [1.82, 2.24) is 9.55 Å². The molecule has 4 atom stereocenters. The van der Waals surface area contributed by atoms with Gasteiger partial charge in [-0.2, -0.15) is 0 Å². The molecule has 0 unspecified atom stereocenters. The second-order valence-corrected chi connectivity index (χ2v) is 8.68. The van der Waals surface area contributed by atoms with Gasteiger partial charge in [-0.15, -0.1) is 0 Å².